The molecule has 0 aromatic rings. The van der Waals surface area contributed by atoms with Gasteiger partial charge in [0.05, 0.1) is 10.4 Å². The van der Waals surface area contributed by atoms with E-state index in [2.05, 4.69) is 11.6 Å². The molecule has 0 heterocycles. The summed E-state index contributed by atoms with van der Waals surface area (Å²) in [5.74, 6) is 0.980. The number of rotatable bonds is 7. The van der Waals surface area contributed by atoms with E-state index < -0.39 is 5.41 Å². The standard InChI is InChI=1S/C11H22N2OS2/c1-5-11(3,9(12)15)10(14)13-8(2)6-7-16-4/h8H,5-7H2,1-4H3,(H2,12,15)(H,13,14). The number of carbonyl (C=O) groups excluding carboxylic acids is 1. The van der Waals surface area contributed by atoms with Gasteiger partial charge >= 0.3 is 0 Å². The summed E-state index contributed by atoms with van der Waals surface area (Å²) in [6.45, 7) is 5.72. The first-order valence-electron chi connectivity index (χ1n) is 5.48. The van der Waals surface area contributed by atoms with Crippen molar-refractivity contribution in [2.24, 2.45) is 11.1 Å². The lowest BCUT2D eigenvalue weighted by Crippen LogP contribution is -2.49. The third-order valence-electron chi connectivity index (χ3n) is 2.88. The van der Waals surface area contributed by atoms with Crippen LogP contribution in [0.3, 0.4) is 0 Å². The third-order valence-corrected chi connectivity index (χ3v) is 3.98. The van der Waals surface area contributed by atoms with E-state index in [1.165, 1.54) is 0 Å². The summed E-state index contributed by atoms with van der Waals surface area (Å²) in [7, 11) is 0. The van der Waals surface area contributed by atoms with Crippen molar-refractivity contribution in [1.29, 1.82) is 0 Å². The summed E-state index contributed by atoms with van der Waals surface area (Å²) in [5.41, 5.74) is 4.91. The summed E-state index contributed by atoms with van der Waals surface area (Å²) in [6.07, 6.45) is 3.65. The zero-order chi connectivity index (χ0) is 12.8. The lowest BCUT2D eigenvalue weighted by atomic mass is 9.86. The van der Waals surface area contributed by atoms with Gasteiger partial charge in [-0.15, -0.1) is 0 Å². The Bertz CT molecular complexity index is 258. The van der Waals surface area contributed by atoms with Crippen LogP contribution in [0.15, 0.2) is 0 Å². The van der Waals surface area contributed by atoms with Crippen LogP contribution in [0.4, 0.5) is 0 Å². The minimum absolute atomic E-state index is 0.0592. The molecule has 0 spiro atoms. The maximum Gasteiger partial charge on any atom is 0.232 e. The molecule has 94 valence electrons. The minimum atomic E-state index is -0.719. The van der Waals surface area contributed by atoms with Gasteiger partial charge in [-0.25, -0.2) is 0 Å². The molecule has 5 heteroatoms. The van der Waals surface area contributed by atoms with Gasteiger partial charge < -0.3 is 11.1 Å². The van der Waals surface area contributed by atoms with Crippen molar-refractivity contribution >= 4 is 34.9 Å². The second-order valence-corrected chi connectivity index (χ2v) is 5.63. The number of amides is 1. The highest BCUT2D eigenvalue weighted by Crippen LogP contribution is 2.22. The van der Waals surface area contributed by atoms with Crippen LogP contribution < -0.4 is 11.1 Å². The molecule has 0 saturated carbocycles. The molecular formula is C11H22N2OS2. The molecule has 0 aromatic carbocycles. The van der Waals surface area contributed by atoms with E-state index in [1.54, 1.807) is 18.7 Å². The van der Waals surface area contributed by atoms with Crippen molar-refractivity contribution in [3.63, 3.8) is 0 Å². The SMILES string of the molecule is CCC(C)(C(=O)NC(C)CCSC)C(N)=S. The quantitative estimate of drug-likeness (QED) is 0.689. The summed E-state index contributed by atoms with van der Waals surface area (Å²) >= 11 is 6.73. The number of nitrogens with one attached hydrogen (secondary N) is 1. The molecule has 0 rings (SSSR count). The van der Waals surface area contributed by atoms with Crippen LogP contribution in [0.1, 0.15) is 33.6 Å². The van der Waals surface area contributed by atoms with Gasteiger partial charge in [0.25, 0.3) is 0 Å². The predicted octanol–water partition coefficient (Wildman–Crippen LogP) is 1.95. The minimum Gasteiger partial charge on any atom is -0.392 e. The second kappa shape index (κ2) is 7.12. The van der Waals surface area contributed by atoms with Gasteiger partial charge in [-0.2, -0.15) is 11.8 Å². The first-order chi connectivity index (χ1) is 7.38. The van der Waals surface area contributed by atoms with Gasteiger partial charge in [-0.1, -0.05) is 19.1 Å². The highest BCUT2D eigenvalue weighted by Gasteiger charge is 2.34. The molecule has 0 bridgehead atoms. The zero-order valence-corrected chi connectivity index (χ0v) is 12.1. The van der Waals surface area contributed by atoms with Gasteiger partial charge in [0, 0.05) is 6.04 Å². The number of thiocarbonyl (C=S) groups is 1. The van der Waals surface area contributed by atoms with Crippen molar-refractivity contribution in [3.05, 3.63) is 0 Å². The topological polar surface area (TPSA) is 55.1 Å². The van der Waals surface area contributed by atoms with E-state index in [4.69, 9.17) is 18.0 Å². The zero-order valence-electron chi connectivity index (χ0n) is 10.5. The Hall–Kier alpha value is -0.290. The predicted molar refractivity (Wildman–Crippen MR) is 75.8 cm³/mol. The molecule has 0 fully saturated rings. The Morgan fingerprint density at radius 2 is 2.19 bits per heavy atom. The Morgan fingerprint density at radius 1 is 1.62 bits per heavy atom. The lowest BCUT2D eigenvalue weighted by Gasteiger charge is -2.27. The van der Waals surface area contributed by atoms with E-state index in [0.717, 1.165) is 12.2 Å². The van der Waals surface area contributed by atoms with Crippen LogP contribution in [-0.4, -0.2) is 28.9 Å². The van der Waals surface area contributed by atoms with E-state index in [1.807, 2.05) is 13.8 Å². The van der Waals surface area contributed by atoms with Gasteiger partial charge in [0.15, 0.2) is 0 Å². The smallest absolute Gasteiger partial charge is 0.232 e. The van der Waals surface area contributed by atoms with Crippen LogP contribution in [0.25, 0.3) is 0 Å². The first-order valence-corrected chi connectivity index (χ1v) is 7.28. The maximum atomic E-state index is 12.0. The number of hydrogen-bond acceptors (Lipinski definition) is 3. The van der Waals surface area contributed by atoms with Gasteiger partial charge in [0.2, 0.25) is 5.91 Å². The van der Waals surface area contributed by atoms with Crippen molar-refractivity contribution in [1.82, 2.24) is 5.32 Å². The first kappa shape index (κ1) is 15.7. The van der Waals surface area contributed by atoms with Crippen LogP contribution in [0, 0.1) is 5.41 Å². The fourth-order valence-corrected chi connectivity index (χ4v) is 2.02. The normalized spacial score (nSPS) is 16.2. The van der Waals surface area contributed by atoms with E-state index >= 15 is 0 Å². The number of hydrogen-bond donors (Lipinski definition) is 2. The largest absolute Gasteiger partial charge is 0.392 e. The Labute approximate surface area is 108 Å². The van der Waals surface area contributed by atoms with Crippen molar-refractivity contribution in [2.75, 3.05) is 12.0 Å². The average molecular weight is 262 g/mol. The van der Waals surface area contributed by atoms with Crippen LogP contribution in [0.5, 0.6) is 0 Å². The average Bonchev–Trinajstić information content (AvgIpc) is 2.24. The van der Waals surface area contributed by atoms with Crippen molar-refractivity contribution in [3.8, 4) is 0 Å². The highest BCUT2D eigenvalue weighted by molar-refractivity contribution is 7.98. The van der Waals surface area contributed by atoms with Crippen LogP contribution >= 0.6 is 24.0 Å². The molecular weight excluding hydrogens is 240 g/mol. The third kappa shape index (κ3) is 4.29. The number of thioether (sulfide) groups is 1. The van der Waals surface area contributed by atoms with E-state index in [0.29, 0.717) is 6.42 Å². The number of nitrogens with two attached hydrogens (primary N) is 1. The Kier molecular flexibility index (Phi) is 6.99. The molecule has 0 aliphatic heterocycles. The summed E-state index contributed by atoms with van der Waals surface area (Å²) in [6, 6.07) is 0.167. The molecule has 0 aromatic heterocycles. The van der Waals surface area contributed by atoms with Gasteiger partial charge in [-0.05, 0) is 38.7 Å². The lowest BCUT2D eigenvalue weighted by molar-refractivity contribution is -0.127. The molecule has 3 nitrogen and oxygen atoms in total. The van der Waals surface area contributed by atoms with Crippen molar-refractivity contribution in [2.45, 2.75) is 39.7 Å². The molecule has 0 aliphatic rings. The Morgan fingerprint density at radius 3 is 2.56 bits per heavy atom. The monoisotopic (exact) mass is 262 g/mol. The fraction of sp³-hybridized carbons (Fsp3) is 0.818. The molecule has 0 saturated heterocycles. The Balaban J connectivity index is 4.38. The highest BCUT2D eigenvalue weighted by atomic mass is 32.2. The van der Waals surface area contributed by atoms with Gasteiger partial charge in [-0.3, -0.25) is 4.79 Å². The van der Waals surface area contributed by atoms with E-state index in [-0.39, 0.29) is 16.9 Å². The molecule has 0 radical (unpaired) electrons. The van der Waals surface area contributed by atoms with Crippen molar-refractivity contribution < 1.29 is 4.79 Å². The molecule has 2 atom stereocenters. The fourth-order valence-electron chi connectivity index (χ4n) is 1.20. The summed E-state index contributed by atoms with van der Waals surface area (Å²) in [5, 5.41) is 2.97. The summed E-state index contributed by atoms with van der Waals surface area (Å²) < 4.78 is 0. The van der Waals surface area contributed by atoms with E-state index in [9.17, 15) is 4.79 Å². The molecule has 0 aliphatic carbocycles. The van der Waals surface area contributed by atoms with Crippen LogP contribution in [0.2, 0.25) is 0 Å². The number of carbonyl (C=O) groups is 1. The molecule has 1 amide bonds. The molecule has 3 N–H and O–H groups in total. The van der Waals surface area contributed by atoms with Gasteiger partial charge in [0.1, 0.15) is 0 Å². The molecule has 16 heavy (non-hydrogen) atoms. The maximum absolute atomic E-state index is 12.0. The molecule has 2 unspecified atom stereocenters. The van der Waals surface area contributed by atoms with Crippen LogP contribution in [-0.2, 0) is 4.79 Å². The second-order valence-electron chi connectivity index (χ2n) is 4.21. The summed E-state index contributed by atoms with van der Waals surface area (Å²) in [4.78, 5) is 12.3.